The minimum Gasteiger partial charge on any atom is -0.396 e. The van der Waals surface area contributed by atoms with E-state index >= 15 is 0 Å². The van der Waals surface area contributed by atoms with Crippen LogP contribution in [0.1, 0.15) is 12.5 Å². The van der Waals surface area contributed by atoms with Crippen LogP contribution >= 0.6 is 0 Å². The highest BCUT2D eigenvalue weighted by Gasteiger charge is 2.39. The van der Waals surface area contributed by atoms with Gasteiger partial charge in [-0.2, -0.15) is 0 Å². The number of benzene rings is 1. The second-order valence-corrected chi connectivity index (χ2v) is 4.29. The van der Waals surface area contributed by atoms with Gasteiger partial charge in [0.1, 0.15) is 0 Å². The van der Waals surface area contributed by atoms with Crippen LogP contribution in [0.5, 0.6) is 0 Å². The SMILES string of the molecule is CC1(c2ccccc2)CNCC1CO. The van der Waals surface area contributed by atoms with Crippen molar-refractivity contribution in [1.82, 2.24) is 5.32 Å². The van der Waals surface area contributed by atoms with E-state index in [1.807, 2.05) is 6.07 Å². The maximum atomic E-state index is 9.32. The lowest BCUT2D eigenvalue weighted by Gasteiger charge is -2.29. The topological polar surface area (TPSA) is 32.3 Å². The van der Waals surface area contributed by atoms with Crippen molar-refractivity contribution >= 4 is 0 Å². The molecule has 2 rings (SSSR count). The molecule has 1 aliphatic rings. The first-order chi connectivity index (χ1) is 6.77. The van der Waals surface area contributed by atoms with Crippen LogP contribution in [0.4, 0.5) is 0 Å². The molecule has 0 radical (unpaired) electrons. The molecule has 1 heterocycles. The second kappa shape index (κ2) is 3.71. The molecule has 1 aromatic rings. The molecule has 2 unspecified atom stereocenters. The maximum Gasteiger partial charge on any atom is 0.0480 e. The Labute approximate surface area is 85.0 Å². The fourth-order valence-electron chi connectivity index (χ4n) is 2.30. The number of nitrogens with one attached hydrogen (secondary N) is 1. The molecular weight excluding hydrogens is 174 g/mol. The molecule has 2 N–H and O–H groups in total. The van der Waals surface area contributed by atoms with Crippen molar-refractivity contribution in [3.63, 3.8) is 0 Å². The minimum atomic E-state index is 0.0933. The van der Waals surface area contributed by atoms with Crippen LogP contribution in [-0.2, 0) is 5.41 Å². The van der Waals surface area contributed by atoms with Crippen LogP contribution in [0.15, 0.2) is 30.3 Å². The van der Waals surface area contributed by atoms with Crippen LogP contribution in [-0.4, -0.2) is 24.8 Å². The van der Waals surface area contributed by atoms with Gasteiger partial charge in [-0.3, -0.25) is 0 Å². The lowest BCUT2D eigenvalue weighted by atomic mass is 9.74. The Bertz CT molecular complexity index is 298. The zero-order valence-electron chi connectivity index (χ0n) is 8.53. The highest BCUT2D eigenvalue weighted by molar-refractivity contribution is 5.27. The van der Waals surface area contributed by atoms with Gasteiger partial charge in [0.15, 0.2) is 0 Å². The van der Waals surface area contributed by atoms with Crippen molar-refractivity contribution < 1.29 is 5.11 Å². The van der Waals surface area contributed by atoms with Crippen molar-refractivity contribution in [2.75, 3.05) is 19.7 Å². The zero-order chi connectivity index (χ0) is 10.0. The van der Waals surface area contributed by atoms with E-state index in [4.69, 9.17) is 0 Å². The molecule has 1 saturated heterocycles. The molecular formula is C12H17NO. The average molecular weight is 191 g/mol. The van der Waals surface area contributed by atoms with Gasteiger partial charge in [-0.05, 0) is 5.56 Å². The first-order valence-corrected chi connectivity index (χ1v) is 5.14. The fourth-order valence-corrected chi connectivity index (χ4v) is 2.30. The Morgan fingerprint density at radius 1 is 1.43 bits per heavy atom. The third-order valence-electron chi connectivity index (χ3n) is 3.44. The highest BCUT2D eigenvalue weighted by Crippen LogP contribution is 2.34. The van der Waals surface area contributed by atoms with Crippen LogP contribution in [0, 0.1) is 5.92 Å². The van der Waals surface area contributed by atoms with E-state index in [0.29, 0.717) is 5.92 Å². The smallest absolute Gasteiger partial charge is 0.0480 e. The van der Waals surface area contributed by atoms with Gasteiger partial charge in [0.2, 0.25) is 0 Å². The molecule has 1 aromatic carbocycles. The molecule has 0 aromatic heterocycles. The third kappa shape index (κ3) is 1.45. The molecule has 1 aliphatic heterocycles. The molecule has 0 amide bonds. The Morgan fingerprint density at radius 2 is 2.14 bits per heavy atom. The Morgan fingerprint density at radius 3 is 2.79 bits per heavy atom. The summed E-state index contributed by atoms with van der Waals surface area (Å²) in [6.45, 7) is 4.37. The monoisotopic (exact) mass is 191 g/mol. The summed E-state index contributed by atoms with van der Waals surface area (Å²) in [7, 11) is 0. The summed E-state index contributed by atoms with van der Waals surface area (Å²) in [5.41, 5.74) is 1.42. The quantitative estimate of drug-likeness (QED) is 0.735. The summed E-state index contributed by atoms with van der Waals surface area (Å²) >= 11 is 0. The number of hydrogen-bond donors (Lipinski definition) is 2. The summed E-state index contributed by atoms with van der Waals surface area (Å²) < 4.78 is 0. The second-order valence-electron chi connectivity index (χ2n) is 4.29. The molecule has 0 bridgehead atoms. The van der Waals surface area contributed by atoms with Crippen molar-refractivity contribution in [1.29, 1.82) is 0 Å². The van der Waals surface area contributed by atoms with Crippen LogP contribution in [0.2, 0.25) is 0 Å². The van der Waals surface area contributed by atoms with Crippen molar-refractivity contribution in [2.45, 2.75) is 12.3 Å². The number of rotatable bonds is 2. The first kappa shape index (κ1) is 9.69. The van der Waals surface area contributed by atoms with Gasteiger partial charge < -0.3 is 10.4 Å². The van der Waals surface area contributed by atoms with E-state index in [9.17, 15) is 5.11 Å². The highest BCUT2D eigenvalue weighted by atomic mass is 16.3. The molecule has 0 aliphatic carbocycles. The Balaban J connectivity index is 2.31. The van der Waals surface area contributed by atoms with E-state index in [-0.39, 0.29) is 12.0 Å². The van der Waals surface area contributed by atoms with Crippen molar-refractivity contribution in [2.24, 2.45) is 5.92 Å². The lowest BCUT2D eigenvalue weighted by Crippen LogP contribution is -2.33. The van der Waals surface area contributed by atoms with Gasteiger partial charge in [0.25, 0.3) is 0 Å². The predicted molar refractivity (Wildman–Crippen MR) is 57.2 cm³/mol. The maximum absolute atomic E-state index is 9.32. The molecule has 2 heteroatoms. The van der Waals surface area contributed by atoms with E-state index < -0.39 is 0 Å². The van der Waals surface area contributed by atoms with Crippen molar-refractivity contribution in [3.05, 3.63) is 35.9 Å². The van der Waals surface area contributed by atoms with Gasteiger partial charge in [-0.1, -0.05) is 37.3 Å². The molecule has 2 atom stereocenters. The predicted octanol–water partition coefficient (Wildman–Crippen LogP) is 1.16. The zero-order valence-corrected chi connectivity index (χ0v) is 8.53. The van der Waals surface area contributed by atoms with Crippen LogP contribution in [0.3, 0.4) is 0 Å². The molecule has 14 heavy (non-hydrogen) atoms. The normalized spacial score (nSPS) is 32.0. The van der Waals surface area contributed by atoms with E-state index in [1.165, 1.54) is 5.56 Å². The molecule has 1 fully saturated rings. The summed E-state index contributed by atoms with van der Waals surface area (Å²) in [5, 5.41) is 12.7. The number of aliphatic hydroxyl groups is 1. The number of hydrogen-bond acceptors (Lipinski definition) is 2. The van der Waals surface area contributed by atoms with Crippen molar-refractivity contribution in [3.8, 4) is 0 Å². The Hall–Kier alpha value is -0.860. The first-order valence-electron chi connectivity index (χ1n) is 5.14. The van der Waals surface area contributed by atoms with Crippen LogP contribution in [0.25, 0.3) is 0 Å². The third-order valence-corrected chi connectivity index (χ3v) is 3.44. The Kier molecular flexibility index (Phi) is 2.57. The fraction of sp³-hybridized carbons (Fsp3) is 0.500. The standard InChI is InChI=1S/C12H17NO/c1-12(9-13-7-11(12)8-14)10-5-3-2-4-6-10/h2-6,11,13-14H,7-9H2,1H3. The van der Waals surface area contributed by atoms with Gasteiger partial charge in [-0.25, -0.2) is 0 Å². The summed E-state index contributed by atoms with van der Waals surface area (Å²) in [4.78, 5) is 0. The summed E-state index contributed by atoms with van der Waals surface area (Å²) in [6, 6.07) is 10.5. The number of aliphatic hydroxyl groups excluding tert-OH is 1. The summed E-state index contributed by atoms with van der Waals surface area (Å²) in [6.07, 6.45) is 0. The van der Waals surface area contributed by atoms with E-state index in [1.54, 1.807) is 0 Å². The largest absolute Gasteiger partial charge is 0.396 e. The van der Waals surface area contributed by atoms with Gasteiger partial charge in [-0.15, -0.1) is 0 Å². The molecule has 2 nitrogen and oxygen atoms in total. The average Bonchev–Trinajstić information content (AvgIpc) is 2.62. The molecule has 76 valence electrons. The van der Waals surface area contributed by atoms with Crippen LogP contribution < -0.4 is 5.32 Å². The molecule has 0 spiro atoms. The lowest BCUT2D eigenvalue weighted by molar-refractivity contribution is 0.193. The summed E-state index contributed by atoms with van der Waals surface area (Å²) in [5.74, 6) is 0.338. The molecule has 0 saturated carbocycles. The van der Waals surface area contributed by atoms with Gasteiger partial charge in [0, 0.05) is 31.0 Å². The minimum absolute atomic E-state index is 0.0933. The van der Waals surface area contributed by atoms with Gasteiger partial charge in [0.05, 0.1) is 0 Å². The van der Waals surface area contributed by atoms with E-state index in [2.05, 4.69) is 36.5 Å². The van der Waals surface area contributed by atoms with E-state index in [0.717, 1.165) is 13.1 Å². The van der Waals surface area contributed by atoms with Gasteiger partial charge >= 0.3 is 0 Å².